The zero-order valence-corrected chi connectivity index (χ0v) is 16.9. The van der Waals surface area contributed by atoms with Crippen LogP contribution in [0.2, 0.25) is 0 Å². The lowest BCUT2D eigenvalue weighted by atomic mass is 10.1. The van der Waals surface area contributed by atoms with E-state index in [-0.39, 0.29) is 12.1 Å². The summed E-state index contributed by atoms with van der Waals surface area (Å²) >= 11 is 0. The molecule has 1 aromatic carbocycles. The van der Waals surface area contributed by atoms with Gasteiger partial charge in [0.25, 0.3) is 0 Å². The van der Waals surface area contributed by atoms with Gasteiger partial charge >= 0.3 is 6.03 Å². The normalized spacial score (nSPS) is 18.6. The topological polar surface area (TPSA) is 88.6 Å². The maximum Gasteiger partial charge on any atom is 0.319 e. The number of ether oxygens (including phenoxy) is 2. The second-order valence-electron chi connectivity index (χ2n) is 7.29. The number of fused-ring (bicyclic) bond motifs is 1. The number of nitrogens with one attached hydrogen (secondary N) is 2. The molecule has 1 fully saturated rings. The van der Waals surface area contributed by atoms with E-state index in [1.807, 2.05) is 31.2 Å². The van der Waals surface area contributed by atoms with Crippen LogP contribution in [0.25, 0.3) is 11.4 Å². The van der Waals surface area contributed by atoms with Gasteiger partial charge in [0.15, 0.2) is 5.82 Å². The van der Waals surface area contributed by atoms with Gasteiger partial charge in [-0.05, 0) is 51.0 Å². The van der Waals surface area contributed by atoms with Crippen molar-refractivity contribution in [2.45, 2.75) is 32.7 Å². The van der Waals surface area contributed by atoms with Gasteiger partial charge in [-0.3, -0.25) is 0 Å². The average Bonchev–Trinajstić information content (AvgIpc) is 2.74. The van der Waals surface area contributed by atoms with Crippen molar-refractivity contribution in [2.75, 3.05) is 43.1 Å². The van der Waals surface area contributed by atoms with Crippen molar-refractivity contribution in [3.63, 3.8) is 0 Å². The van der Waals surface area contributed by atoms with E-state index in [2.05, 4.69) is 22.5 Å². The van der Waals surface area contributed by atoms with E-state index in [9.17, 15) is 4.79 Å². The van der Waals surface area contributed by atoms with Crippen LogP contribution in [0, 0.1) is 0 Å². The Morgan fingerprint density at radius 3 is 2.83 bits per heavy atom. The number of rotatable bonds is 4. The standard InChI is InChI=1S/C21H27N5O3/c1-3-22-21(27)23-16-8-6-15(7-9-16)18-24-19(26-10-12-28-13-14(26)2)17-5-4-11-29-20(17)25-18/h6-9,14H,3-5,10-13H2,1-2H3,(H2,22,23,27). The van der Waals surface area contributed by atoms with Crippen molar-refractivity contribution in [3.05, 3.63) is 29.8 Å². The molecule has 0 bridgehead atoms. The molecule has 1 atom stereocenters. The molecule has 2 aliphatic rings. The Morgan fingerprint density at radius 2 is 2.07 bits per heavy atom. The highest BCUT2D eigenvalue weighted by atomic mass is 16.5. The van der Waals surface area contributed by atoms with E-state index in [1.165, 1.54) is 0 Å². The number of carbonyl (C=O) groups is 1. The highest BCUT2D eigenvalue weighted by molar-refractivity contribution is 5.89. The second-order valence-corrected chi connectivity index (χ2v) is 7.29. The number of hydrogen-bond donors (Lipinski definition) is 2. The van der Waals surface area contributed by atoms with Crippen LogP contribution < -0.4 is 20.3 Å². The van der Waals surface area contributed by atoms with Crippen LogP contribution in [0.15, 0.2) is 24.3 Å². The molecule has 0 saturated carbocycles. The second kappa shape index (κ2) is 8.65. The molecule has 29 heavy (non-hydrogen) atoms. The maximum absolute atomic E-state index is 11.7. The summed E-state index contributed by atoms with van der Waals surface area (Å²) in [5.74, 6) is 2.26. The molecular formula is C21H27N5O3. The first-order valence-electron chi connectivity index (χ1n) is 10.2. The Bertz CT molecular complexity index is 871. The third kappa shape index (κ3) is 4.27. The Hall–Kier alpha value is -2.87. The number of hydrogen-bond acceptors (Lipinski definition) is 6. The SMILES string of the molecule is CCNC(=O)Nc1ccc(-c2nc3c(c(N4CCOCC4C)n2)CCCO3)cc1. The molecule has 2 aromatic rings. The van der Waals surface area contributed by atoms with Gasteiger partial charge in [0.2, 0.25) is 5.88 Å². The van der Waals surface area contributed by atoms with Crippen LogP contribution in [0.3, 0.4) is 0 Å². The summed E-state index contributed by atoms with van der Waals surface area (Å²) in [5, 5.41) is 5.52. The molecule has 2 aliphatic heterocycles. The Balaban J connectivity index is 1.65. The Labute approximate surface area is 170 Å². The van der Waals surface area contributed by atoms with E-state index >= 15 is 0 Å². The summed E-state index contributed by atoms with van der Waals surface area (Å²) in [7, 11) is 0. The molecule has 3 heterocycles. The molecule has 4 rings (SSSR count). The Morgan fingerprint density at radius 1 is 1.24 bits per heavy atom. The minimum atomic E-state index is -0.220. The van der Waals surface area contributed by atoms with Crippen LogP contribution in [0.4, 0.5) is 16.3 Å². The van der Waals surface area contributed by atoms with E-state index in [0.717, 1.165) is 42.0 Å². The highest BCUT2D eigenvalue weighted by Crippen LogP contribution is 2.34. The first-order chi connectivity index (χ1) is 14.2. The summed E-state index contributed by atoms with van der Waals surface area (Å²) in [6.45, 7) is 7.48. The summed E-state index contributed by atoms with van der Waals surface area (Å²) in [4.78, 5) is 23.6. The number of urea groups is 1. The number of morpholine rings is 1. The molecule has 0 radical (unpaired) electrons. The smallest absolute Gasteiger partial charge is 0.319 e. The molecule has 2 amide bonds. The highest BCUT2D eigenvalue weighted by Gasteiger charge is 2.28. The van der Waals surface area contributed by atoms with E-state index in [4.69, 9.17) is 19.4 Å². The van der Waals surface area contributed by atoms with Gasteiger partial charge in [-0.1, -0.05) is 0 Å². The van der Waals surface area contributed by atoms with Gasteiger partial charge in [-0.2, -0.15) is 4.98 Å². The largest absolute Gasteiger partial charge is 0.477 e. The number of amides is 2. The molecule has 154 valence electrons. The summed E-state index contributed by atoms with van der Waals surface area (Å²) in [5.41, 5.74) is 2.68. The summed E-state index contributed by atoms with van der Waals surface area (Å²) in [6.07, 6.45) is 1.89. The Kier molecular flexibility index (Phi) is 5.80. The molecule has 1 saturated heterocycles. The van der Waals surface area contributed by atoms with Crippen molar-refractivity contribution in [2.24, 2.45) is 0 Å². The fourth-order valence-corrected chi connectivity index (χ4v) is 3.65. The van der Waals surface area contributed by atoms with Crippen molar-refractivity contribution < 1.29 is 14.3 Å². The number of nitrogens with zero attached hydrogens (tertiary/aromatic N) is 3. The lowest BCUT2D eigenvalue weighted by Gasteiger charge is -2.36. The zero-order chi connectivity index (χ0) is 20.2. The number of aromatic nitrogens is 2. The summed E-state index contributed by atoms with van der Waals surface area (Å²) in [6, 6.07) is 7.57. The fourth-order valence-electron chi connectivity index (χ4n) is 3.65. The van der Waals surface area contributed by atoms with Crippen molar-refractivity contribution in [3.8, 4) is 17.3 Å². The van der Waals surface area contributed by atoms with E-state index in [0.29, 0.717) is 38.1 Å². The van der Waals surface area contributed by atoms with E-state index in [1.54, 1.807) is 0 Å². The zero-order valence-electron chi connectivity index (χ0n) is 16.9. The first-order valence-corrected chi connectivity index (χ1v) is 10.2. The van der Waals surface area contributed by atoms with Gasteiger partial charge in [0.05, 0.1) is 31.4 Å². The fraction of sp³-hybridized carbons (Fsp3) is 0.476. The number of benzene rings is 1. The van der Waals surface area contributed by atoms with Gasteiger partial charge in [-0.15, -0.1) is 0 Å². The molecule has 0 aliphatic carbocycles. The average molecular weight is 397 g/mol. The minimum absolute atomic E-state index is 0.220. The van der Waals surface area contributed by atoms with Crippen LogP contribution in [-0.2, 0) is 11.2 Å². The molecule has 1 unspecified atom stereocenters. The van der Waals surface area contributed by atoms with Gasteiger partial charge in [-0.25, -0.2) is 9.78 Å². The predicted octanol–water partition coefficient (Wildman–Crippen LogP) is 2.84. The van der Waals surface area contributed by atoms with Crippen molar-refractivity contribution in [1.82, 2.24) is 15.3 Å². The number of anilines is 2. The molecular weight excluding hydrogens is 370 g/mol. The van der Waals surface area contributed by atoms with Crippen LogP contribution >= 0.6 is 0 Å². The van der Waals surface area contributed by atoms with Gasteiger partial charge in [0.1, 0.15) is 5.82 Å². The quantitative estimate of drug-likeness (QED) is 0.825. The first kappa shape index (κ1) is 19.4. The van der Waals surface area contributed by atoms with Crippen LogP contribution in [0.5, 0.6) is 5.88 Å². The maximum atomic E-state index is 11.7. The molecule has 1 aromatic heterocycles. The third-order valence-electron chi connectivity index (χ3n) is 5.14. The molecule has 0 spiro atoms. The molecule has 2 N–H and O–H groups in total. The van der Waals surface area contributed by atoms with Crippen LogP contribution in [0.1, 0.15) is 25.8 Å². The monoisotopic (exact) mass is 397 g/mol. The molecule has 8 heteroatoms. The summed E-state index contributed by atoms with van der Waals surface area (Å²) < 4.78 is 11.5. The third-order valence-corrected chi connectivity index (χ3v) is 5.14. The van der Waals surface area contributed by atoms with Crippen molar-refractivity contribution in [1.29, 1.82) is 0 Å². The van der Waals surface area contributed by atoms with Gasteiger partial charge in [0, 0.05) is 24.3 Å². The molecule has 8 nitrogen and oxygen atoms in total. The lowest BCUT2D eigenvalue weighted by Crippen LogP contribution is -2.45. The van der Waals surface area contributed by atoms with Crippen LogP contribution in [-0.4, -0.2) is 55.0 Å². The van der Waals surface area contributed by atoms with E-state index < -0.39 is 0 Å². The predicted molar refractivity (Wildman–Crippen MR) is 112 cm³/mol. The lowest BCUT2D eigenvalue weighted by molar-refractivity contribution is 0.0983. The van der Waals surface area contributed by atoms with Gasteiger partial charge < -0.3 is 25.0 Å². The van der Waals surface area contributed by atoms with Crippen molar-refractivity contribution >= 4 is 17.5 Å². The minimum Gasteiger partial charge on any atom is -0.477 e. The number of carbonyl (C=O) groups excluding carboxylic acids is 1.